The fourth-order valence-electron chi connectivity index (χ4n) is 4.02. The maximum absolute atomic E-state index is 13.2. The number of fused-ring (bicyclic) bond motifs is 1. The van der Waals surface area contributed by atoms with Gasteiger partial charge in [-0.25, -0.2) is 17.3 Å². The lowest BCUT2D eigenvalue weighted by Crippen LogP contribution is -2.27. The molecule has 0 unspecified atom stereocenters. The molecule has 2 aromatic heterocycles. The lowest BCUT2D eigenvalue weighted by molar-refractivity contribution is -0.117. The van der Waals surface area contributed by atoms with Gasteiger partial charge in [-0.15, -0.1) is 5.10 Å². The van der Waals surface area contributed by atoms with Crippen molar-refractivity contribution in [1.29, 1.82) is 0 Å². The van der Waals surface area contributed by atoms with Crippen LogP contribution in [0.5, 0.6) is 5.75 Å². The number of amides is 1. The smallest absolute Gasteiger partial charge is 0.247 e. The third-order valence-electron chi connectivity index (χ3n) is 6.18. The molecule has 2 heterocycles. The molecular formula is C28H25FN6O4S. The molecule has 5 aromatic rings. The molecule has 5 rings (SSSR count). The van der Waals surface area contributed by atoms with E-state index in [4.69, 9.17) is 10.5 Å². The molecule has 10 nitrogen and oxygen atoms in total. The van der Waals surface area contributed by atoms with Gasteiger partial charge in [-0.2, -0.15) is 4.98 Å². The summed E-state index contributed by atoms with van der Waals surface area (Å²) in [6, 6.07) is 20.0. The summed E-state index contributed by atoms with van der Waals surface area (Å²) in [6.45, 7) is 0. The van der Waals surface area contributed by atoms with Gasteiger partial charge in [0.05, 0.1) is 17.7 Å². The predicted octanol–water partition coefficient (Wildman–Crippen LogP) is 4.33. The van der Waals surface area contributed by atoms with E-state index in [-0.39, 0.29) is 4.90 Å². The van der Waals surface area contributed by atoms with Gasteiger partial charge in [-0.1, -0.05) is 24.3 Å². The number of aromatic nitrogens is 3. The van der Waals surface area contributed by atoms with Crippen LogP contribution >= 0.6 is 0 Å². The Hall–Kier alpha value is -4.81. The number of ether oxygens (including phenoxy) is 1. The zero-order valence-electron chi connectivity index (χ0n) is 21.5. The molecule has 0 aliphatic rings. The van der Waals surface area contributed by atoms with Crippen molar-refractivity contribution in [3.8, 4) is 16.9 Å². The maximum Gasteiger partial charge on any atom is 0.247 e. The summed E-state index contributed by atoms with van der Waals surface area (Å²) in [7, 11) is -1.93. The molecule has 1 amide bonds. The Morgan fingerprint density at radius 2 is 1.70 bits per heavy atom. The normalized spacial score (nSPS) is 12.2. The van der Waals surface area contributed by atoms with E-state index < -0.39 is 27.6 Å². The molecule has 0 aliphatic carbocycles. The van der Waals surface area contributed by atoms with Crippen molar-refractivity contribution in [2.75, 3.05) is 24.0 Å². The van der Waals surface area contributed by atoms with Crippen LogP contribution in [0, 0.1) is 5.82 Å². The Labute approximate surface area is 229 Å². The summed E-state index contributed by atoms with van der Waals surface area (Å²) in [5.41, 5.74) is 9.94. The lowest BCUT2D eigenvalue weighted by Gasteiger charge is -2.13. The van der Waals surface area contributed by atoms with Gasteiger partial charge in [-0.05, 0) is 59.7 Å². The number of sulfone groups is 1. The molecule has 12 heteroatoms. The van der Waals surface area contributed by atoms with Gasteiger partial charge >= 0.3 is 0 Å². The number of nitrogens with zero attached hydrogens (tertiary/aromatic N) is 3. The molecule has 1 atom stereocenters. The summed E-state index contributed by atoms with van der Waals surface area (Å²) in [5.74, 6) is -0.164. The third kappa shape index (κ3) is 5.77. The zero-order chi connectivity index (χ0) is 28.4. The first-order chi connectivity index (χ1) is 19.1. The second-order valence-corrected chi connectivity index (χ2v) is 11.0. The van der Waals surface area contributed by atoms with Crippen LogP contribution in [0.1, 0.15) is 11.6 Å². The van der Waals surface area contributed by atoms with Crippen molar-refractivity contribution in [2.45, 2.75) is 10.9 Å². The minimum Gasteiger partial charge on any atom is -0.495 e. The molecule has 0 saturated heterocycles. The number of hydrogen-bond acceptors (Lipinski definition) is 8. The van der Waals surface area contributed by atoms with E-state index >= 15 is 0 Å². The number of hydrogen-bond donors (Lipinski definition) is 3. The van der Waals surface area contributed by atoms with Gasteiger partial charge in [-0.3, -0.25) is 4.79 Å². The fraction of sp³-hybridized carbons (Fsp3) is 0.107. The fourth-order valence-corrected chi connectivity index (χ4v) is 4.66. The summed E-state index contributed by atoms with van der Waals surface area (Å²) < 4.78 is 43.8. The second-order valence-electron chi connectivity index (χ2n) is 9.01. The van der Waals surface area contributed by atoms with E-state index in [1.165, 1.54) is 43.5 Å². The standard InChI is InChI=1S/C28H25FN6O4S/c1-39-24-15-22(40(2,37)38)12-13-23(24)32-28-33-25-14-7-19(16-35(25)34-28)17-5-10-21(11-6-17)31-27(36)26(30)18-3-8-20(29)9-4-18/h3-16,26H,30H2,1-2H3,(H,31,36)(H,32,34)/t26-/m1/s1. The largest absolute Gasteiger partial charge is 0.495 e. The highest BCUT2D eigenvalue weighted by atomic mass is 32.2. The van der Waals surface area contributed by atoms with Crippen LogP contribution in [0.3, 0.4) is 0 Å². The van der Waals surface area contributed by atoms with E-state index in [9.17, 15) is 17.6 Å². The van der Waals surface area contributed by atoms with E-state index in [2.05, 4.69) is 20.7 Å². The average molecular weight is 561 g/mol. The molecule has 0 radical (unpaired) electrons. The van der Waals surface area contributed by atoms with Crippen LogP contribution in [0.25, 0.3) is 16.8 Å². The number of nitrogens with two attached hydrogens (primary N) is 1. The molecule has 4 N–H and O–H groups in total. The number of pyridine rings is 1. The van der Waals surface area contributed by atoms with Crippen molar-refractivity contribution in [1.82, 2.24) is 14.6 Å². The number of methoxy groups -OCH3 is 1. The number of halogens is 1. The number of benzene rings is 3. The first-order valence-electron chi connectivity index (χ1n) is 12.0. The van der Waals surface area contributed by atoms with Crippen molar-refractivity contribution in [3.05, 3.63) is 96.4 Å². The van der Waals surface area contributed by atoms with Crippen LogP contribution < -0.4 is 21.1 Å². The maximum atomic E-state index is 13.2. The van der Waals surface area contributed by atoms with Gasteiger partial charge in [0, 0.05) is 29.8 Å². The summed E-state index contributed by atoms with van der Waals surface area (Å²) in [6.07, 6.45) is 2.95. The third-order valence-corrected chi connectivity index (χ3v) is 7.29. The van der Waals surface area contributed by atoms with Gasteiger partial charge in [0.15, 0.2) is 15.5 Å². The highest BCUT2D eigenvalue weighted by molar-refractivity contribution is 7.90. The first kappa shape index (κ1) is 26.8. The van der Waals surface area contributed by atoms with Crippen LogP contribution in [-0.2, 0) is 14.6 Å². The van der Waals surface area contributed by atoms with Gasteiger partial charge in [0.2, 0.25) is 11.9 Å². The van der Waals surface area contributed by atoms with Crippen LogP contribution in [0.15, 0.2) is 90.0 Å². The Morgan fingerprint density at radius 3 is 2.38 bits per heavy atom. The van der Waals surface area contributed by atoms with Crippen molar-refractivity contribution >= 4 is 38.7 Å². The number of rotatable bonds is 8. The summed E-state index contributed by atoms with van der Waals surface area (Å²) >= 11 is 0. The van der Waals surface area contributed by atoms with Crippen molar-refractivity contribution in [3.63, 3.8) is 0 Å². The number of carbonyl (C=O) groups is 1. The van der Waals surface area contributed by atoms with Gasteiger partial charge < -0.3 is 21.1 Å². The highest BCUT2D eigenvalue weighted by Crippen LogP contribution is 2.30. The zero-order valence-corrected chi connectivity index (χ0v) is 22.3. The van der Waals surface area contributed by atoms with Crippen LogP contribution in [-0.4, -0.2) is 42.3 Å². The van der Waals surface area contributed by atoms with E-state index in [1.54, 1.807) is 22.7 Å². The van der Waals surface area contributed by atoms with E-state index in [0.717, 1.165) is 17.4 Å². The molecule has 0 spiro atoms. The molecular weight excluding hydrogens is 535 g/mol. The minimum absolute atomic E-state index is 0.142. The summed E-state index contributed by atoms with van der Waals surface area (Å²) in [5, 5.41) is 10.3. The number of nitrogens with one attached hydrogen (secondary N) is 2. The molecule has 0 bridgehead atoms. The van der Waals surface area contributed by atoms with Gasteiger partial charge in [0.25, 0.3) is 0 Å². The molecule has 0 fully saturated rings. The lowest BCUT2D eigenvalue weighted by atomic mass is 10.1. The molecule has 40 heavy (non-hydrogen) atoms. The van der Waals surface area contributed by atoms with E-state index in [1.807, 2.05) is 30.5 Å². The first-order valence-corrected chi connectivity index (χ1v) is 13.9. The Morgan fingerprint density at radius 1 is 1.00 bits per heavy atom. The Kier molecular flexibility index (Phi) is 7.20. The van der Waals surface area contributed by atoms with Crippen molar-refractivity contribution < 1.29 is 22.3 Å². The molecule has 204 valence electrons. The minimum atomic E-state index is -3.38. The van der Waals surface area contributed by atoms with E-state index in [0.29, 0.717) is 34.3 Å². The Balaban J connectivity index is 1.30. The quantitative estimate of drug-likeness (QED) is 0.255. The molecule has 0 saturated carbocycles. The van der Waals surface area contributed by atoms with Crippen molar-refractivity contribution in [2.24, 2.45) is 5.73 Å². The Bertz CT molecular complexity index is 1810. The predicted molar refractivity (Wildman–Crippen MR) is 150 cm³/mol. The van der Waals surface area contributed by atoms with Gasteiger partial charge in [0.1, 0.15) is 17.6 Å². The number of carbonyl (C=O) groups excluding carboxylic acids is 1. The SMILES string of the molecule is COc1cc(S(C)(=O)=O)ccc1Nc1nc2ccc(-c3ccc(NC(=O)[C@H](N)c4ccc(F)cc4)cc3)cn2n1. The summed E-state index contributed by atoms with van der Waals surface area (Å²) in [4.78, 5) is 17.2. The second kappa shape index (κ2) is 10.8. The molecule has 0 aliphatic heterocycles. The topological polar surface area (TPSA) is 141 Å². The monoisotopic (exact) mass is 560 g/mol. The molecule has 3 aromatic carbocycles. The van der Waals surface area contributed by atoms with Crippen LogP contribution in [0.2, 0.25) is 0 Å². The average Bonchev–Trinajstić information content (AvgIpc) is 3.34. The number of anilines is 3. The highest BCUT2D eigenvalue weighted by Gasteiger charge is 2.17. The van der Waals surface area contributed by atoms with Crippen LogP contribution in [0.4, 0.5) is 21.7 Å².